The van der Waals surface area contributed by atoms with E-state index in [1.807, 2.05) is 12.3 Å². The molecule has 0 aliphatic rings. The number of hydrogen-bond acceptors (Lipinski definition) is 4. The van der Waals surface area contributed by atoms with E-state index in [1.54, 1.807) is 25.1 Å². The van der Waals surface area contributed by atoms with Crippen LogP contribution in [0.4, 0.5) is 5.13 Å². The molecule has 2 aromatic rings. The topological polar surface area (TPSA) is 51.2 Å². The van der Waals surface area contributed by atoms with Gasteiger partial charge in [0.2, 0.25) is 0 Å². The van der Waals surface area contributed by atoms with Crippen molar-refractivity contribution in [1.29, 1.82) is 0 Å². The third kappa shape index (κ3) is 3.62. The lowest BCUT2D eigenvalue weighted by Crippen LogP contribution is -2.30. The van der Waals surface area contributed by atoms with Crippen LogP contribution >= 0.6 is 34.5 Å². The van der Waals surface area contributed by atoms with Crippen LogP contribution in [0.3, 0.4) is 0 Å². The molecule has 7 heteroatoms. The lowest BCUT2D eigenvalue weighted by molar-refractivity contribution is -0.122. The summed E-state index contributed by atoms with van der Waals surface area (Å²) in [6.45, 7) is 3.49. The number of ether oxygens (including phenoxy) is 1. The highest BCUT2D eigenvalue weighted by Gasteiger charge is 2.18. The Bertz CT molecular complexity index is 631. The molecular formula is C13H12Cl2N2O2S. The summed E-state index contributed by atoms with van der Waals surface area (Å²) >= 11 is 13.3. The lowest BCUT2D eigenvalue weighted by Gasteiger charge is -2.15. The van der Waals surface area contributed by atoms with Gasteiger partial charge < -0.3 is 4.74 Å². The molecule has 4 nitrogen and oxygen atoms in total. The predicted octanol–water partition coefficient (Wildman–Crippen LogP) is 4.16. The molecule has 1 N–H and O–H groups in total. The maximum Gasteiger partial charge on any atom is 0.266 e. The molecule has 0 fully saturated rings. The molecule has 0 aliphatic heterocycles. The summed E-state index contributed by atoms with van der Waals surface area (Å²) in [6.07, 6.45) is -0.713. The minimum atomic E-state index is -0.713. The van der Waals surface area contributed by atoms with Gasteiger partial charge in [-0.15, -0.1) is 11.3 Å². The fourth-order valence-corrected chi connectivity index (χ4v) is 2.46. The van der Waals surface area contributed by atoms with E-state index >= 15 is 0 Å². The average molecular weight is 331 g/mol. The smallest absolute Gasteiger partial charge is 0.266 e. The van der Waals surface area contributed by atoms with Crippen molar-refractivity contribution in [1.82, 2.24) is 4.98 Å². The van der Waals surface area contributed by atoms with Crippen molar-refractivity contribution in [3.8, 4) is 5.75 Å². The first-order valence-corrected chi connectivity index (χ1v) is 7.44. The zero-order chi connectivity index (χ0) is 14.7. The van der Waals surface area contributed by atoms with E-state index in [0.717, 1.165) is 5.69 Å². The maximum absolute atomic E-state index is 12.0. The Morgan fingerprint density at radius 3 is 2.85 bits per heavy atom. The van der Waals surface area contributed by atoms with E-state index in [1.165, 1.54) is 11.3 Å². The normalized spacial score (nSPS) is 12.0. The maximum atomic E-state index is 12.0. The fraction of sp³-hybridized carbons (Fsp3) is 0.231. The minimum Gasteiger partial charge on any atom is -0.479 e. The molecule has 0 saturated carbocycles. The van der Waals surface area contributed by atoms with E-state index in [2.05, 4.69) is 10.3 Å². The number of hydrogen-bond donors (Lipinski definition) is 1. The van der Waals surface area contributed by atoms with Gasteiger partial charge in [-0.3, -0.25) is 10.1 Å². The molecule has 0 spiro atoms. The number of nitrogens with one attached hydrogen (secondary N) is 1. The summed E-state index contributed by atoms with van der Waals surface area (Å²) in [5.74, 6) is 0.0764. The number of amides is 1. The van der Waals surface area contributed by atoms with Crippen molar-refractivity contribution in [2.24, 2.45) is 0 Å². The Morgan fingerprint density at radius 1 is 1.45 bits per heavy atom. The van der Waals surface area contributed by atoms with E-state index in [9.17, 15) is 4.79 Å². The summed E-state index contributed by atoms with van der Waals surface area (Å²) in [7, 11) is 0. The van der Waals surface area contributed by atoms with Gasteiger partial charge in [0.05, 0.1) is 10.7 Å². The molecule has 0 radical (unpaired) electrons. The summed E-state index contributed by atoms with van der Waals surface area (Å²) in [5.41, 5.74) is 0.858. The van der Waals surface area contributed by atoms with Gasteiger partial charge in [0.1, 0.15) is 10.8 Å². The number of halogens is 2. The number of thiazole rings is 1. The molecule has 20 heavy (non-hydrogen) atoms. The van der Waals surface area contributed by atoms with E-state index in [4.69, 9.17) is 27.9 Å². The van der Waals surface area contributed by atoms with Gasteiger partial charge >= 0.3 is 0 Å². The van der Waals surface area contributed by atoms with Crippen molar-refractivity contribution in [3.63, 3.8) is 0 Å². The Hall–Kier alpha value is -1.30. The van der Waals surface area contributed by atoms with Crippen molar-refractivity contribution in [3.05, 3.63) is 39.3 Å². The molecule has 0 saturated heterocycles. The second-order valence-corrected chi connectivity index (χ2v) is 5.74. The third-order valence-electron chi connectivity index (χ3n) is 2.44. The van der Waals surface area contributed by atoms with Gasteiger partial charge in [0.15, 0.2) is 11.2 Å². The third-order valence-corrected chi connectivity index (χ3v) is 4.12. The first-order valence-electron chi connectivity index (χ1n) is 5.81. The number of nitrogens with zero attached hydrogens (tertiary/aromatic N) is 1. The van der Waals surface area contributed by atoms with Gasteiger partial charge in [-0.1, -0.05) is 29.3 Å². The highest BCUT2D eigenvalue weighted by atomic mass is 35.5. The van der Waals surface area contributed by atoms with Crippen LogP contribution in [0, 0.1) is 6.92 Å². The molecule has 2 rings (SSSR count). The highest BCUT2D eigenvalue weighted by molar-refractivity contribution is 7.13. The van der Waals surface area contributed by atoms with Crippen LogP contribution in [0.15, 0.2) is 23.6 Å². The van der Waals surface area contributed by atoms with Gasteiger partial charge in [-0.05, 0) is 26.0 Å². The molecule has 106 valence electrons. The number of carbonyl (C=O) groups excluding carboxylic acids is 1. The van der Waals surface area contributed by atoms with Crippen LogP contribution in [-0.4, -0.2) is 17.0 Å². The summed E-state index contributed by atoms with van der Waals surface area (Å²) < 4.78 is 5.52. The summed E-state index contributed by atoms with van der Waals surface area (Å²) in [5, 5.41) is 5.75. The van der Waals surface area contributed by atoms with Crippen LogP contribution in [-0.2, 0) is 4.79 Å². The van der Waals surface area contributed by atoms with Crippen molar-refractivity contribution in [2.75, 3.05) is 5.32 Å². The highest BCUT2D eigenvalue weighted by Crippen LogP contribution is 2.32. The first kappa shape index (κ1) is 15.1. The Labute approximate surface area is 130 Å². The second-order valence-electron chi connectivity index (χ2n) is 4.10. The van der Waals surface area contributed by atoms with Gasteiger partial charge in [-0.2, -0.15) is 0 Å². The van der Waals surface area contributed by atoms with Gasteiger partial charge in [-0.25, -0.2) is 4.98 Å². The number of carbonyl (C=O) groups is 1. The molecule has 0 aliphatic carbocycles. The van der Waals surface area contributed by atoms with Crippen LogP contribution < -0.4 is 10.1 Å². The predicted molar refractivity (Wildman–Crippen MR) is 82.0 cm³/mol. The van der Waals surface area contributed by atoms with Crippen molar-refractivity contribution in [2.45, 2.75) is 20.0 Å². The number of aromatic nitrogens is 1. The standard InChI is InChI=1S/C13H12Cl2N2O2S/c1-7-6-20-13(16-7)17-12(18)8(2)19-10-5-3-4-9(14)11(10)15/h3-6,8H,1-2H3,(H,16,17,18). The zero-order valence-electron chi connectivity index (χ0n) is 10.8. The molecule has 1 atom stereocenters. The van der Waals surface area contributed by atoms with Crippen molar-refractivity contribution >= 4 is 45.6 Å². The number of anilines is 1. The van der Waals surface area contributed by atoms with Crippen LogP contribution in [0.25, 0.3) is 0 Å². The zero-order valence-corrected chi connectivity index (χ0v) is 13.1. The monoisotopic (exact) mass is 330 g/mol. The van der Waals surface area contributed by atoms with Crippen LogP contribution in [0.1, 0.15) is 12.6 Å². The van der Waals surface area contributed by atoms with Gasteiger partial charge in [0, 0.05) is 5.38 Å². The number of aryl methyl sites for hydroxylation is 1. The molecule has 1 aromatic carbocycles. The SMILES string of the molecule is Cc1csc(NC(=O)C(C)Oc2cccc(Cl)c2Cl)n1. The minimum absolute atomic E-state index is 0.291. The molecule has 1 aromatic heterocycles. The van der Waals surface area contributed by atoms with Crippen LogP contribution in [0.5, 0.6) is 5.75 Å². The van der Waals surface area contributed by atoms with Crippen LogP contribution in [0.2, 0.25) is 10.0 Å². The fourth-order valence-electron chi connectivity index (χ4n) is 1.44. The average Bonchev–Trinajstić information content (AvgIpc) is 2.80. The van der Waals surface area contributed by atoms with E-state index < -0.39 is 6.10 Å². The number of benzene rings is 1. The summed E-state index contributed by atoms with van der Waals surface area (Å²) in [6, 6.07) is 5.02. The Balaban J connectivity index is 2.02. The Morgan fingerprint density at radius 2 is 2.20 bits per heavy atom. The first-order chi connectivity index (χ1) is 9.47. The summed E-state index contributed by atoms with van der Waals surface area (Å²) in [4.78, 5) is 16.1. The number of rotatable bonds is 4. The Kier molecular flexibility index (Phi) is 4.86. The van der Waals surface area contributed by atoms with E-state index in [-0.39, 0.29) is 5.91 Å². The largest absolute Gasteiger partial charge is 0.479 e. The van der Waals surface area contributed by atoms with Gasteiger partial charge in [0.25, 0.3) is 5.91 Å². The second kappa shape index (κ2) is 6.43. The molecular weight excluding hydrogens is 319 g/mol. The molecule has 0 bridgehead atoms. The molecule has 1 amide bonds. The lowest BCUT2D eigenvalue weighted by atomic mass is 10.3. The van der Waals surface area contributed by atoms with E-state index in [0.29, 0.717) is 20.9 Å². The molecule has 1 unspecified atom stereocenters. The van der Waals surface area contributed by atoms with Crippen molar-refractivity contribution < 1.29 is 9.53 Å². The molecule has 1 heterocycles. The quantitative estimate of drug-likeness (QED) is 0.915.